The van der Waals surface area contributed by atoms with E-state index in [0.717, 1.165) is 5.56 Å². The largest absolute Gasteiger partial charge is 0.376 e. The summed E-state index contributed by atoms with van der Waals surface area (Å²) in [4.78, 5) is 12.2. The van der Waals surface area contributed by atoms with Crippen LogP contribution in [0.5, 0.6) is 0 Å². The number of hydrogen-bond acceptors (Lipinski definition) is 6. The number of halogens is 2. The molecule has 144 valence electrons. The summed E-state index contributed by atoms with van der Waals surface area (Å²) in [6.07, 6.45) is -0.645. The number of ether oxygens (including phenoxy) is 2. The Bertz CT molecular complexity index is 892. The Morgan fingerprint density at radius 1 is 1.26 bits per heavy atom. The molecule has 1 aromatic carbocycles. The Balaban J connectivity index is 1.70. The van der Waals surface area contributed by atoms with Crippen LogP contribution in [-0.4, -0.2) is 45.5 Å². The van der Waals surface area contributed by atoms with Crippen molar-refractivity contribution in [3.63, 3.8) is 0 Å². The van der Waals surface area contributed by atoms with E-state index in [2.05, 4.69) is 15.0 Å². The summed E-state index contributed by atoms with van der Waals surface area (Å²) in [6, 6.07) is 9.06. The second-order valence-corrected chi connectivity index (χ2v) is 6.51. The van der Waals surface area contributed by atoms with Crippen LogP contribution in [-0.2, 0) is 16.1 Å². The van der Waals surface area contributed by atoms with Crippen molar-refractivity contribution in [1.29, 1.82) is 0 Å². The summed E-state index contributed by atoms with van der Waals surface area (Å²) >= 11 is 6.03. The van der Waals surface area contributed by atoms with Gasteiger partial charge in [0.15, 0.2) is 10.8 Å². The molecule has 3 atom stereocenters. The molecule has 2 heterocycles. The molecule has 3 aromatic rings. The fourth-order valence-electron chi connectivity index (χ4n) is 2.82. The summed E-state index contributed by atoms with van der Waals surface area (Å²) < 4.78 is 27.6. The van der Waals surface area contributed by atoms with Gasteiger partial charge in [0.05, 0.1) is 25.6 Å². The van der Waals surface area contributed by atoms with Gasteiger partial charge in [0.2, 0.25) is 5.95 Å². The molecule has 0 fully saturated rings. The minimum atomic E-state index is -1.36. The molecule has 0 radical (unpaired) electrons. The van der Waals surface area contributed by atoms with E-state index in [-0.39, 0.29) is 17.7 Å². The highest BCUT2D eigenvalue weighted by Gasteiger charge is 2.30. The highest BCUT2D eigenvalue weighted by Crippen LogP contribution is 2.26. The summed E-state index contributed by atoms with van der Waals surface area (Å²) in [5.41, 5.74) is 7.41. The van der Waals surface area contributed by atoms with Crippen molar-refractivity contribution < 1.29 is 13.9 Å². The van der Waals surface area contributed by atoms with Crippen LogP contribution in [0.1, 0.15) is 18.5 Å². The molecule has 0 saturated heterocycles. The third-order valence-electron chi connectivity index (χ3n) is 4.35. The quantitative estimate of drug-likeness (QED) is 0.591. The first kappa shape index (κ1) is 19.5. The first-order valence-electron chi connectivity index (χ1n) is 8.45. The highest BCUT2D eigenvalue weighted by molar-refractivity contribution is 6.33. The summed E-state index contributed by atoms with van der Waals surface area (Å²) in [7, 11) is 1.46. The predicted octanol–water partition coefficient (Wildman–Crippen LogP) is 3.19. The number of nitrogens with zero attached hydrogens (tertiary/aromatic N) is 4. The van der Waals surface area contributed by atoms with Crippen LogP contribution < -0.4 is 5.73 Å². The average Bonchev–Trinajstić information content (AvgIpc) is 3.09. The molecule has 0 aliphatic carbocycles. The molecule has 3 rings (SSSR count). The molecule has 2 N–H and O–H groups in total. The zero-order valence-electron chi connectivity index (χ0n) is 15.0. The van der Waals surface area contributed by atoms with Gasteiger partial charge in [-0.3, -0.25) is 0 Å². The standard InChI is InChI=1S/C18H21ClFN5O2/c1-11(25-10-22-15-16(19)23-18(21)24-17(15)25)14(20)13(26-2)9-27-8-12-6-4-3-5-7-12/h3-7,10-11,13-14H,8-9H2,1-2H3,(H2,21,23,24). The Morgan fingerprint density at radius 3 is 2.70 bits per heavy atom. The van der Waals surface area contributed by atoms with Gasteiger partial charge in [-0.1, -0.05) is 41.9 Å². The summed E-state index contributed by atoms with van der Waals surface area (Å²) in [6.45, 7) is 2.21. The number of imidazole rings is 1. The Hall–Kier alpha value is -2.29. The van der Waals surface area contributed by atoms with E-state index in [0.29, 0.717) is 17.8 Å². The topological polar surface area (TPSA) is 88.1 Å². The van der Waals surface area contributed by atoms with Crippen molar-refractivity contribution in [2.75, 3.05) is 19.5 Å². The number of benzene rings is 1. The average molecular weight is 394 g/mol. The van der Waals surface area contributed by atoms with E-state index in [1.54, 1.807) is 11.5 Å². The molecule has 7 nitrogen and oxygen atoms in total. The molecule has 0 aliphatic rings. The van der Waals surface area contributed by atoms with Crippen molar-refractivity contribution in [3.05, 3.63) is 47.4 Å². The van der Waals surface area contributed by atoms with Gasteiger partial charge < -0.3 is 19.8 Å². The van der Waals surface area contributed by atoms with Crippen LogP contribution in [0, 0.1) is 0 Å². The lowest BCUT2D eigenvalue weighted by atomic mass is 10.1. The fourth-order valence-corrected chi connectivity index (χ4v) is 3.04. The van der Waals surface area contributed by atoms with Crippen molar-refractivity contribution in [2.24, 2.45) is 0 Å². The van der Waals surface area contributed by atoms with E-state index in [9.17, 15) is 0 Å². The van der Waals surface area contributed by atoms with E-state index >= 15 is 4.39 Å². The molecule has 0 spiro atoms. The SMILES string of the molecule is COC(COCc1ccccc1)C(F)C(C)n1cnc2c(Cl)nc(N)nc21. The van der Waals surface area contributed by atoms with E-state index in [1.165, 1.54) is 13.4 Å². The van der Waals surface area contributed by atoms with Gasteiger partial charge in [-0.2, -0.15) is 9.97 Å². The van der Waals surface area contributed by atoms with Crippen LogP contribution in [0.2, 0.25) is 5.15 Å². The molecule has 0 aliphatic heterocycles. The zero-order valence-corrected chi connectivity index (χ0v) is 15.8. The maximum absolute atomic E-state index is 15.1. The molecule has 3 unspecified atom stereocenters. The first-order valence-corrected chi connectivity index (χ1v) is 8.83. The van der Waals surface area contributed by atoms with Gasteiger partial charge in [-0.25, -0.2) is 9.37 Å². The lowest BCUT2D eigenvalue weighted by molar-refractivity contribution is -0.0491. The lowest BCUT2D eigenvalue weighted by Gasteiger charge is -2.25. The van der Waals surface area contributed by atoms with Crippen molar-refractivity contribution in [1.82, 2.24) is 19.5 Å². The van der Waals surface area contributed by atoms with Gasteiger partial charge in [0.1, 0.15) is 17.8 Å². The second kappa shape index (κ2) is 8.60. The lowest BCUT2D eigenvalue weighted by Crippen LogP contribution is -2.35. The number of rotatable bonds is 8. The van der Waals surface area contributed by atoms with Gasteiger partial charge in [0, 0.05) is 7.11 Å². The number of fused-ring (bicyclic) bond motifs is 1. The Morgan fingerprint density at radius 2 is 2.00 bits per heavy atom. The van der Waals surface area contributed by atoms with Gasteiger partial charge >= 0.3 is 0 Å². The van der Waals surface area contributed by atoms with Crippen LogP contribution in [0.25, 0.3) is 11.2 Å². The Kier molecular flexibility index (Phi) is 6.20. The van der Waals surface area contributed by atoms with Crippen LogP contribution in [0.4, 0.5) is 10.3 Å². The van der Waals surface area contributed by atoms with Crippen LogP contribution >= 0.6 is 11.6 Å². The number of alkyl halides is 1. The van der Waals surface area contributed by atoms with Gasteiger partial charge in [0.25, 0.3) is 0 Å². The second-order valence-electron chi connectivity index (χ2n) is 6.16. The van der Waals surface area contributed by atoms with Crippen molar-refractivity contribution >= 4 is 28.7 Å². The van der Waals surface area contributed by atoms with Crippen LogP contribution in [0.15, 0.2) is 36.7 Å². The molecule has 9 heteroatoms. The minimum Gasteiger partial charge on any atom is -0.376 e. The van der Waals surface area contributed by atoms with Crippen molar-refractivity contribution in [3.8, 4) is 0 Å². The number of aromatic nitrogens is 4. The molecule has 0 amide bonds. The first-order chi connectivity index (χ1) is 13.0. The predicted molar refractivity (Wildman–Crippen MR) is 101 cm³/mol. The normalized spacial score (nSPS) is 15.0. The molecular weight excluding hydrogens is 373 g/mol. The van der Waals surface area contributed by atoms with E-state index in [1.807, 2.05) is 30.3 Å². The zero-order chi connectivity index (χ0) is 19.4. The van der Waals surface area contributed by atoms with Gasteiger partial charge in [-0.15, -0.1) is 0 Å². The number of nitrogens with two attached hydrogens (primary N) is 1. The highest BCUT2D eigenvalue weighted by atomic mass is 35.5. The fraction of sp³-hybridized carbons (Fsp3) is 0.389. The molecule has 2 aromatic heterocycles. The molecule has 0 saturated carbocycles. The van der Waals surface area contributed by atoms with E-state index < -0.39 is 18.3 Å². The van der Waals surface area contributed by atoms with Crippen molar-refractivity contribution in [2.45, 2.75) is 31.8 Å². The number of methoxy groups -OCH3 is 1. The molecule has 27 heavy (non-hydrogen) atoms. The molecule has 0 bridgehead atoms. The summed E-state index contributed by atoms with van der Waals surface area (Å²) in [5.74, 6) is 0.00587. The number of hydrogen-bond donors (Lipinski definition) is 1. The maximum Gasteiger partial charge on any atom is 0.223 e. The smallest absolute Gasteiger partial charge is 0.223 e. The third-order valence-corrected chi connectivity index (χ3v) is 4.61. The monoisotopic (exact) mass is 393 g/mol. The Labute approximate surface area is 161 Å². The minimum absolute atomic E-state index is 0.00587. The van der Waals surface area contributed by atoms with Gasteiger partial charge in [-0.05, 0) is 12.5 Å². The number of nitrogen functional groups attached to an aromatic ring is 1. The van der Waals surface area contributed by atoms with Crippen LogP contribution in [0.3, 0.4) is 0 Å². The number of anilines is 1. The summed E-state index contributed by atoms with van der Waals surface area (Å²) in [5, 5.41) is 0.133. The molecular formula is C18H21ClFN5O2. The maximum atomic E-state index is 15.1. The van der Waals surface area contributed by atoms with E-state index in [4.69, 9.17) is 26.8 Å². The third kappa shape index (κ3) is 4.35.